The highest BCUT2D eigenvalue weighted by atomic mass is 32.1. The highest BCUT2D eigenvalue weighted by molar-refractivity contribution is 7.16. The fourth-order valence-corrected chi connectivity index (χ4v) is 3.59. The van der Waals surface area contributed by atoms with Crippen molar-refractivity contribution < 1.29 is 9.53 Å². The summed E-state index contributed by atoms with van der Waals surface area (Å²) in [6.45, 7) is 5.81. The number of thiophene rings is 1. The van der Waals surface area contributed by atoms with Crippen molar-refractivity contribution in [2.24, 2.45) is 0 Å². The average molecular weight is 421 g/mol. The number of ether oxygens (including phenoxy) is 1. The van der Waals surface area contributed by atoms with Crippen LogP contribution in [0.1, 0.15) is 20.8 Å². The van der Waals surface area contributed by atoms with E-state index in [9.17, 15) is 4.79 Å². The first-order chi connectivity index (χ1) is 14.6. The summed E-state index contributed by atoms with van der Waals surface area (Å²) in [4.78, 5) is 14.0. The molecule has 0 radical (unpaired) electrons. The van der Waals surface area contributed by atoms with Crippen molar-refractivity contribution in [1.29, 1.82) is 5.26 Å². The van der Waals surface area contributed by atoms with E-state index in [-0.39, 0.29) is 5.91 Å². The van der Waals surface area contributed by atoms with Crippen LogP contribution >= 0.6 is 11.3 Å². The van der Waals surface area contributed by atoms with Crippen LogP contribution in [0.3, 0.4) is 0 Å². The van der Waals surface area contributed by atoms with Crippen molar-refractivity contribution >= 4 is 28.6 Å². The van der Waals surface area contributed by atoms with E-state index in [1.54, 1.807) is 24.3 Å². The maximum atomic E-state index is 12.4. The lowest BCUT2D eigenvalue weighted by Crippen LogP contribution is -2.30. The monoisotopic (exact) mass is 420 g/mol. The smallest absolute Gasteiger partial charge is 0.255 e. The summed E-state index contributed by atoms with van der Waals surface area (Å²) in [7, 11) is 0. The first-order valence-corrected chi connectivity index (χ1v) is 10.4. The zero-order chi connectivity index (χ0) is 21.3. The molecule has 154 valence electrons. The van der Waals surface area contributed by atoms with Gasteiger partial charge >= 0.3 is 0 Å². The van der Waals surface area contributed by atoms with Crippen molar-refractivity contribution in [3.8, 4) is 16.5 Å². The van der Waals surface area contributed by atoms with Crippen molar-refractivity contribution in [2.45, 2.75) is 6.92 Å². The summed E-state index contributed by atoms with van der Waals surface area (Å²) >= 11 is 1.40. The average Bonchev–Trinajstić information content (AvgIpc) is 3.27. The van der Waals surface area contributed by atoms with Crippen LogP contribution in [0.15, 0.2) is 54.6 Å². The number of hydrogen-bond donors (Lipinski definition) is 3. The second-order valence-electron chi connectivity index (χ2n) is 6.76. The third kappa shape index (κ3) is 5.91. The summed E-state index contributed by atoms with van der Waals surface area (Å²) in [5.41, 5.74) is 9.63. The summed E-state index contributed by atoms with van der Waals surface area (Å²) in [5.74, 6) is -0.206. The van der Waals surface area contributed by atoms with Crippen LogP contribution in [0.2, 0.25) is 0 Å². The van der Waals surface area contributed by atoms with Crippen molar-refractivity contribution in [3.63, 3.8) is 0 Å². The van der Waals surface area contributed by atoms with Crippen molar-refractivity contribution in [3.05, 3.63) is 70.6 Å². The summed E-state index contributed by atoms with van der Waals surface area (Å²) in [6.07, 6.45) is 0. The topological polar surface area (TPSA) is 100 Å². The minimum Gasteiger partial charge on any atom is -0.397 e. The zero-order valence-electron chi connectivity index (χ0n) is 16.8. The van der Waals surface area contributed by atoms with Gasteiger partial charge in [-0.3, -0.25) is 4.79 Å². The lowest BCUT2D eigenvalue weighted by atomic mass is 10.1. The molecule has 0 spiro atoms. The predicted molar refractivity (Wildman–Crippen MR) is 122 cm³/mol. The molecule has 4 rings (SSSR count). The number of morpholine rings is 1. The molecule has 2 heterocycles. The fraction of sp³-hybridized carbons (Fsp3) is 0.217. The highest BCUT2D eigenvalue weighted by Gasteiger charge is 2.10. The quantitative estimate of drug-likeness (QED) is 0.555. The number of carbonyl (C=O) groups is 1. The standard InChI is InChI=1S/C19H15N3OS.C4H9NO/c1-12-2-4-13(5-3-12)19(23)22-17-10-14(6-8-16(17)21)18-9-7-15(11-20)24-18;1-3-6-4-2-5-1/h2-10H,21H2,1H3,(H,22,23);5H,1-4H2. The number of nitriles is 1. The molecule has 0 bridgehead atoms. The van der Waals surface area contributed by atoms with Gasteiger partial charge in [0.15, 0.2) is 0 Å². The van der Waals surface area contributed by atoms with E-state index in [1.165, 1.54) is 11.3 Å². The van der Waals surface area contributed by atoms with Gasteiger partial charge in [0.05, 0.1) is 24.6 Å². The van der Waals surface area contributed by atoms with Crippen LogP contribution in [0.25, 0.3) is 10.4 Å². The van der Waals surface area contributed by atoms with Crippen LogP contribution in [-0.4, -0.2) is 32.2 Å². The summed E-state index contributed by atoms with van der Waals surface area (Å²) in [5, 5.41) is 15.0. The molecule has 30 heavy (non-hydrogen) atoms. The molecule has 2 aromatic carbocycles. The molecule has 0 saturated carbocycles. The number of carbonyl (C=O) groups excluding carboxylic acids is 1. The normalized spacial score (nSPS) is 12.9. The van der Waals surface area contributed by atoms with Gasteiger partial charge in [0, 0.05) is 23.5 Å². The lowest BCUT2D eigenvalue weighted by molar-refractivity contribution is 0.102. The Bertz CT molecular complexity index is 1020. The number of nitrogens with zero attached hydrogens (tertiary/aromatic N) is 1. The van der Waals surface area contributed by atoms with Gasteiger partial charge in [0.2, 0.25) is 0 Å². The Morgan fingerprint density at radius 1 is 1.13 bits per heavy atom. The van der Waals surface area contributed by atoms with Gasteiger partial charge in [-0.05, 0) is 48.9 Å². The van der Waals surface area contributed by atoms with E-state index < -0.39 is 0 Å². The molecule has 1 aliphatic heterocycles. The Labute approximate surface area is 180 Å². The fourth-order valence-electron chi connectivity index (χ4n) is 2.79. The Balaban J connectivity index is 0.000000367. The predicted octanol–water partition coefficient (Wildman–Crippen LogP) is 4.04. The van der Waals surface area contributed by atoms with Crippen LogP contribution in [0, 0.1) is 18.3 Å². The molecule has 0 aliphatic carbocycles. The number of anilines is 2. The van der Waals surface area contributed by atoms with Crippen LogP contribution in [0.5, 0.6) is 0 Å². The molecule has 6 nitrogen and oxygen atoms in total. The van der Waals surface area contributed by atoms with E-state index in [4.69, 9.17) is 15.7 Å². The van der Waals surface area contributed by atoms with Gasteiger partial charge in [0.1, 0.15) is 10.9 Å². The van der Waals surface area contributed by atoms with E-state index in [0.29, 0.717) is 21.8 Å². The third-order valence-corrected chi connectivity index (χ3v) is 5.50. The Hall–Kier alpha value is -3.18. The number of amides is 1. The minimum atomic E-state index is -0.206. The molecule has 1 amide bonds. The molecule has 4 N–H and O–H groups in total. The SMILES string of the molecule is C1COCCN1.Cc1ccc(C(=O)Nc2cc(-c3ccc(C#N)s3)ccc2N)cc1. The molecular weight excluding hydrogens is 396 g/mol. The Kier molecular flexibility index (Phi) is 7.57. The number of rotatable bonds is 3. The molecule has 0 unspecified atom stereocenters. The lowest BCUT2D eigenvalue weighted by Gasteiger charge is -2.10. The van der Waals surface area contributed by atoms with Gasteiger partial charge in [0.25, 0.3) is 5.91 Å². The number of nitrogens with one attached hydrogen (secondary N) is 2. The number of nitrogen functional groups attached to an aromatic ring is 1. The van der Waals surface area contributed by atoms with Crippen molar-refractivity contribution in [2.75, 3.05) is 37.4 Å². The number of aryl methyl sites for hydroxylation is 1. The van der Waals surface area contributed by atoms with Crippen LogP contribution in [-0.2, 0) is 4.74 Å². The van der Waals surface area contributed by atoms with E-state index in [1.807, 2.05) is 37.3 Å². The van der Waals surface area contributed by atoms with Gasteiger partial charge in [-0.15, -0.1) is 11.3 Å². The van der Waals surface area contributed by atoms with Gasteiger partial charge in [-0.1, -0.05) is 23.8 Å². The summed E-state index contributed by atoms with van der Waals surface area (Å²) < 4.78 is 5.01. The van der Waals surface area contributed by atoms with Gasteiger partial charge < -0.3 is 21.1 Å². The number of nitrogens with two attached hydrogens (primary N) is 1. The van der Waals surface area contributed by atoms with Crippen LogP contribution in [0.4, 0.5) is 11.4 Å². The van der Waals surface area contributed by atoms with E-state index >= 15 is 0 Å². The van der Waals surface area contributed by atoms with Gasteiger partial charge in [-0.25, -0.2) is 0 Å². The maximum Gasteiger partial charge on any atom is 0.255 e. The molecule has 7 heteroatoms. The van der Waals surface area contributed by atoms with Crippen LogP contribution < -0.4 is 16.4 Å². The Morgan fingerprint density at radius 2 is 1.87 bits per heavy atom. The van der Waals surface area contributed by atoms with Gasteiger partial charge in [-0.2, -0.15) is 5.26 Å². The number of hydrogen-bond acceptors (Lipinski definition) is 6. The first-order valence-electron chi connectivity index (χ1n) is 9.63. The highest BCUT2D eigenvalue weighted by Crippen LogP contribution is 2.32. The molecule has 1 fully saturated rings. The maximum absolute atomic E-state index is 12.4. The van der Waals surface area contributed by atoms with E-state index in [0.717, 1.165) is 42.3 Å². The second-order valence-corrected chi connectivity index (χ2v) is 7.84. The minimum absolute atomic E-state index is 0.206. The molecule has 3 aromatic rings. The molecule has 1 aromatic heterocycles. The second kappa shape index (κ2) is 10.6. The summed E-state index contributed by atoms with van der Waals surface area (Å²) in [6, 6.07) is 18.6. The molecule has 0 atom stereocenters. The molecule has 1 saturated heterocycles. The zero-order valence-corrected chi connectivity index (χ0v) is 17.6. The first kappa shape index (κ1) is 21.5. The third-order valence-electron chi connectivity index (χ3n) is 4.46. The van der Waals surface area contributed by atoms with E-state index in [2.05, 4.69) is 16.7 Å². The molecular formula is C23H24N4O2S. The van der Waals surface area contributed by atoms with Crippen molar-refractivity contribution in [1.82, 2.24) is 5.32 Å². The number of benzene rings is 2. The molecule has 1 aliphatic rings. The Morgan fingerprint density at radius 3 is 2.43 bits per heavy atom. The largest absolute Gasteiger partial charge is 0.397 e.